The van der Waals surface area contributed by atoms with Gasteiger partial charge in [-0.25, -0.2) is 14.0 Å². The molecule has 102 valence electrons. The number of nitrogens with one attached hydrogen (secondary N) is 1. The number of rotatable bonds is 4. The van der Waals surface area contributed by atoms with Crippen LogP contribution in [0.25, 0.3) is 0 Å². The number of carbonyl (C=O) groups is 2. The number of hydrogen-bond donors (Lipinski definition) is 3. The smallest absolute Gasteiger partial charge is 0.338 e. The zero-order valence-electron chi connectivity index (χ0n) is 10.1. The summed E-state index contributed by atoms with van der Waals surface area (Å²) in [7, 11) is 0. The second-order valence-electron chi connectivity index (χ2n) is 4.01. The fraction of sp³-hybridized carbons (Fsp3) is 0. The Morgan fingerprint density at radius 2 is 1.65 bits per heavy atom. The van der Waals surface area contributed by atoms with Gasteiger partial charge in [0.15, 0.2) is 0 Å². The molecule has 0 aliphatic heterocycles. The SMILES string of the molecule is O=C(O)c1cccc(Nc2ccc(F)c(C(=O)O)c2)c1. The first-order valence-electron chi connectivity index (χ1n) is 5.60. The number of carboxylic acids is 2. The fourth-order valence-corrected chi connectivity index (χ4v) is 1.66. The second-order valence-corrected chi connectivity index (χ2v) is 4.01. The quantitative estimate of drug-likeness (QED) is 0.798. The standard InChI is InChI=1S/C14H10FNO4/c15-12-5-4-10(7-11(12)14(19)20)16-9-3-1-2-8(6-9)13(17)18/h1-7,16H,(H,17,18)(H,19,20). The molecule has 0 heterocycles. The highest BCUT2D eigenvalue weighted by atomic mass is 19.1. The van der Waals surface area contributed by atoms with Crippen LogP contribution >= 0.6 is 0 Å². The van der Waals surface area contributed by atoms with Gasteiger partial charge in [0.05, 0.1) is 11.1 Å². The molecule has 0 aliphatic rings. The molecule has 0 amide bonds. The van der Waals surface area contributed by atoms with Crippen molar-refractivity contribution in [2.75, 3.05) is 5.32 Å². The lowest BCUT2D eigenvalue weighted by Crippen LogP contribution is -2.02. The van der Waals surface area contributed by atoms with Gasteiger partial charge in [0.1, 0.15) is 5.82 Å². The summed E-state index contributed by atoms with van der Waals surface area (Å²) in [6, 6.07) is 9.55. The van der Waals surface area contributed by atoms with Gasteiger partial charge in [0.25, 0.3) is 0 Å². The minimum atomic E-state index is -1.37. The van der Waals surface area contributed by atoms with Crippen molar-refractivity contribution in [2.24, 2.45) is 0 Å². The van der Waals surface area contributed by atoms with Crippen LogP contribution in [0.2, 0.25) is 0 Å². The first-order valence-corrected chi connectivity index (χ1v) is 5.60. The Kier molecular flexibility index (Phi) is 3.65. The lowest BCUT2D eigenvalue weighted by atomic mass is 10.1. The van der Waals surface area contributed by atoms with E-state index in [0.29, 0.717) is 11.4 Å². The third kappa shape index (κ3) is 2.92. The topological polar surface area (TPSA) is 86.6 Å². The summed E-state index contributed by atoms with van der Waals surface area (Å²) < 4.78 is 13.2. The van der Waals surface area contributed by atoms with E-state index in [1.165, 1.54) is 18.2 Å². The molecule has 0 unspecified atom stereocenters. The number of carboxylic acid groups (broad SMARTS) is 2. The van der Waals surface area contributed by atoms with Crippen LogP contribution in [-0.2, 0) is 0 Å². The maximum absolute atomic E-state index is 13.2. The third-order valence-electron chi connectivity index (χ3n) is 2.59. The molecule has 0 spiro atoms. The van der Waals surface area contributed by atoms with Crippen molar-refractivity contribution in [1.82, 2.24) is 0 Å². The van der Waals surface area contributed by atoms with Gasteiger partial charge >= 0.3 is 11.9 Å². The van der Waals surface area contributed by atoms with Crippen molar-refractivity contribution in [3.05, 3.63) is 59.4 Å². The van der Waals surface area contributed by atoms with Crippen LogP contribution in [0.1, 0.15) is 20.7 Å². The first-order chi connectivity index (χ1) is 9.47. The van der Waals surface area contributed by atoms with E-state index in [0.717, 1.165) is 12.1 Å². The predicted octanol–water partition coefficient (Wildman–Crippen LogP) is 2.97. The molecule has 20 heavy (non-hydrogen) atoms. The number of hydrogen-bond acceptors (Lipinski definition) is 3. The molecule has 5 nitrogen and oxygen atoms in total. The molecule has 2 rings (SSSR count). The van der Waals surface area contributed by atoms with E-state index >= 15 is 0 Å². The molecule has 0 fully saturated rings. The zero-order chi connectivity index (χ0) is 14.7. The molecule has 2 aromatic rings. The Morgan fingerprint density at radius 3 is 2.30 bits per heavy atom. The van der Waals surface area contributed by atoms with Gasteiger partial charge in [-0.15, -0.1) is 0 Å². The normalized spacial score (nSPS) is 10.1. The summed E-state index contributed by atoms with van der Waals surface area (Å²) in [5.41, 5.74) is 0.458. The van der Waals surface area contributed by atoms with Crippen LogP contribution in [-0.4, -0.2) is 22.2 Å². The Hall–Kier alpha value is -2.89. The summed E-state index contributed by atoms with van der Waals surface area (Å²) >= 11 is 0. The molecular weight excluding hydrogens is 265 g/mol. The van der Waals surface area contributed by atoms with Gasteiger partial charge < -0.3 is 15.5 Å². The number of anilines is 2. The maximum atomic E-state index is 13.2. The number of halogens is 1. The summed E-state index contributed by atoms with van der Waals surface area (Å²) in [5, 5.41) is 20.5. The minimum absolute atomic E-state index is 0.0931. The fourth-order valence-electron chi connectivity index (χ4n) is 1.66. The predicted molar refractivity (Wildman–Crippen MR) is 70.0 cm³/mol. The van der Waals surface area contributed by atoms with E-state index in [-0.39, 0.29) is 5.56 Å². The Morgan fingerprint density at radius 1 is 0.950 bits per heavy atom. The third-order valence-corrected chi connectivity index (χ3v) is 2.59. The largest absolute Gasteiger partial charge is 0.478 e. The van der Waals surface area contributed by atoms with Crippen molar-refractivity contribution >= 4 is 23.3 Å². The Bertz CT molecular complexity index is 685. The van der Waals surface area contributed by atoms with Gasteiger partial charge in [-0.3, -0.25) is 0 Å². The second kappa shape index (κ2) is 5.40. The molecule has 6 heteroatoms. The number of aromatic carboxylic acids is 2. The van der Waals surface area contributed by atoms with Crippen molar-refractivity contribution in [3.63, 3.8) is 0 Å². The van der Waals surface area contributed by atoms with Crippen molar-refractivity contribution in [1.29, 1.82) is 0 Å². The molecule has 0 radical (unpaired) electrons. The van der Waals surface area contributed by atoms with Crippen molar-refractivity contribution < 1.29 is 24.2 Å². The molecule has 2 aromatic carbocycles. The highest BCUT2D eigenvalue weighted by Crippen LogP contribution is 2.20. The van der Waals surface area contributed by atoms with Gasteiger partial charge in [-0.1, -0.05) is 6.07 Å². The highest BCUT2D eigenvalue weighted by molar-refractivity contribution is 5.90. The van der Waals surface area contributed by atoms with E-state index in [1.807, 2.05) is 0 Å². The molecule has 0 saturated heterocycles. The van der Waals surface area contributed by atoms with E-state index in [2.05, 4.69) is 5.32 Å². The lowest BCUT2D eigenvalue weighted by Gasteiger charge is -2.08. The van der Waals surface area contributed by atoms with Crippen molar-refractivity contribution in [2.45, 2.75) is 0 Å². The van der Waals surface area contributed by atoms with Crippen molar-refractivity contribution in [3.8, 4) is 0 Å². The minimum Gasteiger partial charge on any atom is -0.478 e. The van der Waals surface area contributed by atoms with Crippen LogP contribution in [0, 0.1) is 5.82 Å². The lowest BCUT2D eigenvalue weighted by molar-refractivity contribution is 0.0683. The van der Waals surface area contributed by atoms with Gasteiger partial charge in [-0.05, 0) is 36.4 Å². The molecule has 0 aliphatic carbocycles. The van der Waals surface area contributed by atoms with Crippen LogP contribution in [0.4, 0.5) is 15.8 Å². The van der Waals surface area contributed by atoms with Gasteiger partial charge in [0, 0.05) is 11.4 Å². The highest BCUT2D eigenvalue weighted by Gasteiger charge is 2.11. The molecular formula is C14H10FNO4. The summed E-state index contributed by atoms with van der Waals surface area (Å²) in [5.74, 6) is -3.27. The van der Waals surface area contributed by atoms with E-state index in [4.69, 9.17) is 10.2 Å². The Labute approximate surface area is 113 Å². The zero-order valence-corrected chi connectivity index (χ0v) is 10.1. The molecule has 0 atom stereocenters. The van der Waals surface area contributed by atoms with Gasteiger partial charge in [0.2, 0.25) is 0 Å². The van der Waals surface area contributed by atoms with Gasteiger partial charge in [-0.2, -0.15) is 0 Å². The monoisotopic (exact) mass is 275 g/mol. The summed E-state index contributed by atoms with van der Waals surface area (Å²) in [4.78, 5) is 21.7. The average molecular weight is 275 g/mol. The first kappa shape index (κ1) is 13.5. The van der Waals surface area contributed by atoms with Crippen LogP contribution in [0.3, 0.4) is 0 Å². The number of benzene rings is 2. The average Bonchev–Trinajstić information content (AvgIpc) is 2.41. The maximum Gasteiger partial charge on any atom is 0.338 e. The van der Waals surface area contributed by atoms with E-state index in [9.17, 15) is 14.0 Å². The molecule has 0 saturated carbocycles. The van der Waals surface area contributed by atoms with Crippen LogP contribution < -0.4 is 5.32 Å². The molecule has 0 bridgehead atoms. The molecule has 0 aromatic heterocycles. The molecule has 3 N–H and O–H groups in total. The van der Waals surface area contributed by atoms with Crippen LogP contribution in [0.15, 0.2) is 42.5 Å². The van der Waals surface area contributed by atoms with E-state index in [1.54, 1.807) is 12.1 Å². The van der Waals surface area contributed by atoms with Crippen LogP contribution in [0.5, 0.6) is 0 Å². The summed E-state index contributed by atoms with van der Waals surface area (Å²) in [6.45, 7) is 0. The summed E-state index contributed by atoms with van der Waals surface area (Å²) in [6.07, 6.45) is 0. The van der Waals surface area contributed by atoms with E-state index < -0.39 is 23.3 Å². The Balaban J connectivity index is 2.30.